The molecule has 7 rings (SSSR count). The fourth-order valence-electron chi connectivity index (χ4n) is 9.29. The molecular formula is C33H46N2O5. The van der Waals surface area contributed by atoms with Crippen LogP contribution in [0.25, 0.3) is 0 Å². The Hall–Kier alpha value is -2.22. The van der Waals surface area contributed by atoms with Crippen molar-refractivity contribution >= 4 is 11.9 Å². The summed E-state index contributed by atoms with van der Waals surface area (Å²) < 4.78 is 12.2. The van der Waals surface area contributed by atoms with Crippen molar-refractivity contribution in [2.24, 2.45) is 40.7 Å². The summed E-state index contributed by atoms with van der Waals surface area (Å²) in [6.07, 6.45) is 14.9. The van der Waals surface area contributed by atoms with Crippen LogP contribution in [0.2, 0.25) is 0 Å². The Balaban J connectivity index is 1.54. The molecule has 1 spiro atoms. The van der Waals surface area contributed by atoms with E-state index in [9.17, 15) is 14.7 Å². The van der Waals surface area contributed by atoms with Crippen LogP contribution in [0.3, 0.4) is 0 Å². The van der Waals surface area contributed by atoms with Gasteiger partial charge in [-0.25, -0.2) is 9.59 Å². The first kappa shape index (κ1) is 27.9. The SMILES string of the molecule is CCCC=C1OC(=O)C2=C1CC[C@@H]1[C@@H]2[C@]23CC[C@H]1C([C@H](CCCO)C1CCNC(N)C1)=C2C(=O)OC3=CCCC. The molecule has 7 nitrogen and oxygen atoms in total. The minimum absolute atomic E-state index is 0.0528. The number of aliphatic hydroxyl groups excluding tert-OH is 1. The Morgan fingerprint density at radius 1 is 1.10 bits per heavy atom. The number of fused-ring (bicyclic) bond motifs is 1. The number of allylic oxidation sites excluding steroid dienone is 5. The first-order chi connectivity index (χ1) is 19.5. The summed E-state index contributed by atoms with van der Waals surface area (Å²) in [5.74, 6) is 2.06. The van der Waals surface area contributed by atoms with Crippen molar-refractivity contribution in [3.05, 3.63) is 46.0 Å². The van der Waals surface area contributed by atoms with E-state index in [2.05, 4.69) is 31.3 Å². The minimum Gasteiger partial charge on any atom is -0.427 e. The average Bonchev–Trinajstić information content (AvgIpc) is 3.44. The van der Waals surface area contributed by atoms with Gasteiger partial charge >= 0.3 is 11.9 Å². The molecule has 4 aliphatic carbocycles. The van der Waals surface area contributed by atoms with Crippen molar-refractivity contribution < 1.29 is 24.2 Å². The van der Waals surface area contributed by atoms with E-state index in [1.165, 1.54) is 5.57 Å². The van der Waals surface area contributed by atoms with Crippen LogP contribution in [-0.4, -0.2) is 36.4 Å². The topological polar surface area (TPSA) is 111 Å². The fourth-order valence-corrected chi connectivity index (χ4v) is 9.29. The Bertz CT molecular complexity index is 1180. The van der Waals surface area contributed by atoms with E-state index in [-0.39, 0.29) is 48.4 Å². The van der Waals surface area contributed by atoms with Crippen LogP contribution in [-0.2, 0) is 19.1 Å². The van der Waals surface area contributed by atoms with Gasteiger partial charge in [-0.15, -0.1) is 0 Å². The fraction of sp³-hybridized carbons (Fsp3) is 0.697. The summed E-state index contributed by atoms with van der Waals surface area (Å²) in [5.41, 5.74) is 9.80. The van der Waals surface area contributed by atoms with Crippen LogP contribution in [0, 0.1) is 35.0 Å². The Morgan fingerprint density at radius 3 is 2.65 bits per heavy atom. The Labute approximate surface area is 238 Å². The van der Waals surface area contributed by atoms with E-state index < -0.39 is 5.41 Å². The van der Waals surface area contributed by atoms with E-state index in [0.717, 1.165) is 105 Å². The zero-order valence-electron chi connectivity index (χ0n) is 24.2. The van der Waals surface area contributed by atoms with Crippen molar-refractivity contribution in [3.8, 4) is 0 Å². The number of hydrogen-bond acceptors (Lipinski definition) is 7. The van der Waals surface area contributed by atoms with Crippen LogP contribution in [0.4, 0.5) is 0 Å². The molecule has 1 saturated carbocycles. The third-order valence-corrected chi connectivity index (χ3v) is 10.7. The number of esters is 2. The van der Waals surface area contributed by atoms with E-state index in [4.69, 9.17) is 15.2 Å². The molecule has 40 heavy (non-hydrogen) atoms. The maximum atomic E-state index is 14.0. The number of piperidine rings is 1. The van der Waals surface area contributed by atoms with E-state index in [0.29, 0.717) is 12.3 Å². The smallest absolute Gasteiger partial charge is 0.340 e. The molecule has 0 aromatic heterocycles. The molecule has 0 amide bonds. The average molecular weight is 551 g/mol. The van der Waals surface area contributed by atoms with Crippen LogP contribution >= 0.6 is 0 Å². The number of nitrogens with two attached hydrogens (primary N) is 1. The molecule has 2 bridgehead atoms. The zero-order valence-corrected chi connectivity index (χ0v) is 24.2. The summed E-state index contributed by atoms with van der Waals surface area (Å²) in [4.78, 5) is 27.6. The van der Waals surface area contributed by atoms with Crippen molar-refractivity contribution in [2.75, 3.05) is 13.2 Å². The number of ether oxygens (including phenoxy) is 2. The quantitative estimate of drug-likeness (QED) is 0.340. The largest absolute Gasteiger partial charge is 0.427 e. The van der Waals surface area contributed by atoms with Crippen molar-refractivity contribution in [1.29, 1.82) is 0 Å². The highest BCUT2D eigenvalue weighted by molar-refractivity contribution is 6.00. The van der Waals surface area contributed by atoms with Crippen molar-refractivity contribution in [3.63, 3.8) is 0 Å². The molecule has 3 aliphatic heterocycles. The van der Waals surface area contributed by atoms with Gasteiger partial charge in [0, 0.05) is 23.7 Å². The number of cyclic esters (lactones) is 2. The molecule has 0 aromatic carbocycles. The molecule has 4 N–H and O–H groups in total. The predicted molar refractivity (Wildman–Crippen MR) is 152 cm³/mol. The van der Waals surface area contributed by atoms with Gasteiger partial charge in [0.2, 0.25) is 0 Å². The first-order valence-corrected chi connectivity index (χ1v) is 15.9. The molecular weight excluding hydrogens is 504 g/mol. The molecule has 7 aliphatic rings. The number of rotatable bonds is 9. The molecule has 7 atom stereocenters. The normalized spacial score (nSPS) is 37.5. The van der Waals surface area contributed by atoms with Gasteiger partial charge in [0.15, 0.2) is 0 Å². The lowest BCUT2D eigenvalue weighted by Crippen LogP contribution is -2.54. The number of nitrogens with one attached hydrogen (secondary N) is 1. The number of carbonyl (C=O) groups is 2. The highest BCUT2D eigenvalue weighted by Crippen LogP contribution is 2.71. The lowest BCUT2D eigenvalue weighted by atomic mass is 9.43. The summed E-state index contributed by atoms with van der Waals surface area (Å²) in [6.45, 7) is 5.28. The number of aliphatic hydroxyl groups is 1. The van der Waals surface area contributed by atoms with Gasteiger partial charge < -0.3 is 25.6 Å². The Kier molecular flexibility index (Phi) is 7.83. The molecule has 3 fully saturated rings. The molecule has 7 heteroatoms. The summed E-state index contributed by atoms with van der Waals surface area (Å²) in [7, 11) is 0. The van der Waals surface area contributed by atoms with Gasteiger partial charge in [-0.1, -0.05) is 32.3 Å². The zero-order chi connectivity index (χ0) is 28.0. The van der Waals surface area contributed by atoms with E-state index in [1.807, 2.05) is 0 Å². The second kappa shape index (κ2) is 11.2. The second-order valence-electron chi connectivity index (χ2n) is 12.8. The lowest BCUT2D eigenvalue weighted by molar-refractivity contribution is -0.135. The van der Waals surface area contributed by atoms with Crippen LogP contribution in [0.5, 0.6) is 0 Å². The van der Waals surface area contributed by atoms with Crippen molar-refractivity contribution in [1.82, 2.24) is 5.32 Å². The van der Waals surface area contributed by atoms with Gasteiger partial charge in [0.25, 0.3) is 0 Å². The van der Waals surface area contributed by atoms with Gasteiger partial charge in [0.05, 0.1) is 17.2 Å². The van der Waals surface area contributed by atoms with E-state index in [1.54, 1.807) is 0 Å². The maximum absolute atomic E-state index is 14.0. The molecule has 2 unspecified atom stereocenters. The molecule has 2 saturated heterocycles. The number of carbonyl (C=O) groups excluding carboxylic acids is 2. The molecule has 0 aromatic rings. The van der Waals surface area contributed by atoms with Crippen molar-refractivity contribution in [2.45, 2.75) is 97.1 Å². The van der Waals surface area contributed by atoms with Gasteiger partial charge in [0.1, 0.15) is 11.5 Å². The van der Waals surface area contributed by atoms with Crippen LogP contribution in [0.1, 0.15) is 90.9 Å². The van der Waals surface area contributed by atoms with Crippen LogP contribution < -0.4 is 11.1 Å². The number of unbranched alkanes of at least 4 members (excludes halogenated alkanes) is 2. The molecule has 0 radical (unpaired) electrons. The summed E-state index contributed by atoms with van der Waals surface area (Å²) >= 11 is 0. The number of hydrogen-bond donors (Lipinski definition) is 3. The highest BCUT2D eigenvalue weighted by atomic mass is 16.5. The second-order valence-corrected chi connectivity index (χ2v) is 12.8. The summed E-state index contributed by atoms with van der Waals surface area (Å²) in [6, 6.07) is 0. The summed E-state index contributed by atoms with van der Waals surface area (Å²) in [5, 5.41) is 13.2. The standard InChI is InChI=1S/C33H46N2O5/c1-3-5-9-24-23-12-11-22-21-13-15-33(29(22)28(23)31(37)39-24)25(10-6-4-2)40-32(38)30(33)27(21)20(8-7-17-36)19-14-16-35-26(34)18-19/h9-10,19-22,26,29,35-36H,3-8,11-18,34H2,1-2H3/t19?,20-,21-,22+,26?,29+,33-/m1/s1. The molecule has 3 heterocycles. The first-order valence-electron chi connectivity index (χ1n) is 15.9. The highest BCUT2D eigenvalue weighted by Gasteiger charge is 2.68. The Morgan fingerprint density at radius 2 is 1.90 bits per heavy atom. The van der Waals surface area contributed by atoms with Gasteiger partial charge in [-0.3, -0.25) is 0 Å². The maximum Gasteiger partial charge on any atom is 0.340 e. The minimum atomic E-state index is -0.603. The van der Waals surface area contributed by atoms with Gasteiger partial charge in [-0.2, -0.15) is 0 Å². The monoisotopic (exact) mass is 550 g/mol. The third kappa shape index (κ3) is 4.26. The third-order valence-electron chi connectivity index (χ3n) is 10.7. The predicted octanol–water partition coefficient (Wildman–Crippen LogP) is 5.17. The van der Waals surface area contributed by atoms with E-state index >= 15 is 0 Å². The molecule has 218 valence electrons. The lowest BCUT2D eigenvalue weighted by Gasteiger charge is -2.58. The van der Waals surface area contributed by atoms with Gasteiger partial charge in [-0.05, 0) is 107 Å². The van der Waals surface area contributed by atoms with Crippen LogP contribution in [0.15, 0.2) is 46.0 Å².